The van der Waals surface area contributed by atoms with Crippen LogP contribution in [-0.4, -0.2) is 36.3 Å². The molecule has 0 spiro atoms. The zero-order valence-electron chi connectivity index (χ0n) is 17.9. The van der Waals surface area contributed by atoms with Crippen LogP contribution in [0, 0.1) is 0 Å². The molecular formula is C23H23ClN2O6. The topological polar surface area (TPSA) is 95.9 Å². The quantitative estimate of drug-likeness (QED) is 0.518. The van der Waals surface area contributed by atoms with Gasteiger partial charge in [0.15, 0.2) is 6.10 Å². The number of nitrogens with zero attached hydrogens (tertiary/aromatic N) is 1. The van der Waals surface area contributed by atoms with Crippen LogP contribution < -0.4 is 20.3 Å². The van der Waals surface area contributed by atoms with Gasteiger partial charge in [-0.05, 0) is 50.2 Å². The second-order valence-electron chi connectivity index (χ2n) is 6.87. The summed E-state index contributed by atoms with van der Waals surface area (Å²) in [5.41, 5.74) is 0.0347. The molecule has 0 fully saturated rings. The van der Waals surface area contributed by atoms with Gasteiger partial charge in [-0.2, -0.15) is 0 Å². The lowest BCUT2D eigenvalue weighted by atomic mass is 10.1. The molecule has 0 saturated heterocycles. The predicted octanol–water partition coefficient (Wildman–Crippen LogP) is 3.63. The van der Waals surface area contributed by atoms with Crippen LogP contribution in [0.4, 0.5) is 5.69 Å². The minimum Gasteiger partial charge on any atom is -0.495 e. The summed E-state index contributed by atoms with van der Waals surface area (Å²) in [5, 5.41) is 4.03. The van der Waals surface area contributed by atoms with Gasteiger partial charge in [0.05, 0.1) is 24.8 Å². The van der Waals surface area contributed by atoms with Gasteiger partial charge in [0, 0.05) is 16.6 Å². The van der Waals surface area contributed by atoms with E-state index in [1.54, 1.807) is 56.3 Å². The molecule has 0 bridgehead atoms. The first-order valence-electron chi connectivity index (χ1n) is 9.93. The lowest BCUT2D eigenvalue weighted by Gasteiger charge is -2.16. The Morgan fingerprint density at radius 3 is 2.62 bits per heavy atom. The molecule has 1 atom stereocenters. The lowest BCUT2D eigenvalue weighted by Crippen LogP contribution is -2.28. The average Bonchev–Trinajstić information content (AvgIpc) is 2.76. The van der Waals surface area contributed by atoms with Gasteiger partial charge < -0.3 is 24.1 Å². The molecular weight excluding hydrogens is 436 g/mol. The zero-order valence-corrected chi connectivity index (χ0v) is 18.6. The van der Waals surface area contributed by atoms with Gasteiger partial charge in [-0.3, -0.25) is 9.59 Å². The normalized spacial score (nSPS) is 11.6. The number of nitrogens with one attached hydrogen (secondary N) is 1. The maximum atomic E-state index is 13.0. The molecule has 0 aliphatic carbocycles. The number of benzene rings is 2. The highest BCUT2D eigenvalue weighted by atomic mass is 35.5. The molecule has 3 rings (SSSR count). The molecule has 0 aliphatic rings. The molecule has 1 aromatic heterocycles. The Balaban J connectivity index is 1.83. The molecule has 3 aromatic rings. The third-order valence-electron chi connectivity index (χ3n) is 4.65. The van der Waals surface area contributed by atoms with Gasteiger partial charge in [0.25, 0.3) is 5.56 Å². The van der Waals surface area contributed by atoms with Crippen LogP contribution in [0.3, 0.4) is 0 Å². The smallest absolute Gasteiger partial charge is 0.347 e. The fraction of sp³-hybridized carbons (Fsp3) is 0.261. The number of ether oxygens (including phenoxy) is 3. The maximum absolute atomic E-state index is 13.0. The molecule has 0 radical (unpaired) electrons. The number of amides is 1. The van der Waals surface area contributed by atoms with Gasteiger partial charge in [-0.1, -0.05) is 17.7 Å². The molecule has 0 aliphatic heterocycles. The summed E-state index contributed by atoms with van der Waals surface area (Å²) in [6.45, 7) is 3.32. The number of anilines is 1. The maximum Gasteiger partial charge on any atom is 0.347 e. The zero-order chi connectivity index (χ0) is 23.3. The first-order chi connectivity index (χ1) is 15.3. The number of pyridine rings is 1. The number of carbonyl (C=O) groups excluding carboxylic acids is 2. The molecule has 2 aromatic carbocycles. The van der Waals surface area contributed by atoms with Crippen LogP contribution >= 0.6 is 11.6 Å². The number of carbonyl (C=O) groups is 2. The Kier molecular flexibility index (Phi) is 7.37. The number of rotatable bonds is 8. The molecule has 1 amide bonds. The second-order valence-corrected chi connectivity index (χ2v) is 7.31. The van der Waals surface area contributed by atoms with Crippen LogP contribution in [-0.2, 0) is 20.9 Å². The number of methoxy groups -OCH3 is 1. The van der Waals surface area contributed by atoms with Crippen LogP contribution in [0.25, 0.3) is 10.8 Å². The number of esters is 1. The molecule has 0 saturated carbocycles. The third kappa shape index (κ3) is 5.20. The summed E-state index contributed by atoms with van der Waals surface area (Å²) in [4.78, 5) is 37.4. The summed E-state index contributed by atoms with van der Waals surface area (Å²) >= 11 is 5.99. The van der Waals surface area contributed by atoms with Crippen molar-refractivity contribution in [2.75, 3.05) is 19.0 Å². The van der Waals surface area contributed by atoms with Crippen molar-refractivity contribution in [3.8, 4) is 11.5 Å². The molecule has 32 heavy (non-hydrogen) atoms. The Bertz CT molecular complexity index is 1210. The number of hydrogen-bond donors (Lipinski definition) is 1. The highest BCUT2D eigenvalue weighted by molar-refractivity contribution is 6.31. The van der Waals surface area contributed by atoms with E-state index in [9.17, 15) is 14.4 Å². The van der Waals surface area contributed by atoms with Crippen LogP contribution in [0.5, 0.6) is 11.5 Å². The van der Waals surface area contributed by atoms with E-state index in [4.69, 9.17) is 25.8 Å². The number of halogens is 1. The van der Waals surface area contributed by atoms with Crippen molar-refractivity contribution in [3.05, 3.63) is 64.0 Å². The highest BCUT2D eigenvalue weighted by Gasteiger charge is 2.18. The third-order valence-corrected chi connectivity index (χ3v) is 4.89. The number of aromatic nitrogens is 1. The molecule has 9 heteroatoms. The average molecular weight is 459 g/mol. The molecule has 1 heterocycles. The van der Waals surface area contributed by atoms with E-state index in [0.29, 0.717) is 33.0 Å². The van der Waals surface area contributed by atoms with Crippen molar-refractivity contribution >= 4 is 39.9 Å². The second kappa shape index (κ2) is 10.2. The van der Waals surface area contributed by atoms with E-state index in [2.05, 4.69) is 5.32 Å². The van der Waals surface area contributed by atoms with Crippen LogP contribution in [0.15, 0.2) is 53.5 Å². The van der Waals surface area contributed by atoms with E-state index in [1.807, 2.05) is 0 Å². The van der Waals surface area contributed by atoms with Crippen molar-refractivity contribution in [2.24, 2.45) is 0 Å². The fourth-order valence-electron chi connectivity index (χ4n) is 3.14. The van der Waals surface area contributed by atoms with Crippen molar-refractivity contribution in [3.63, 3.8) is 0 Å². The Morgan fingerprint density at radius 2 is 1.91 bits per heavy atom. The minimum absolute atomic E-state index is 0.214. The molecule has 168 valence electrons. The van der Waals surface area contributed by atoms with Crippen LogP contribution in [0.1, 0.15) is 13.8 Å². The van der Waals surface area contributed by atoms with Crippen molar-refractivity contribution in [1.82, 2.24) is 4.57 Å². The largest absolute Gasteiger partial charge is 0.495 e. The predicted molar refractivity (Wildman–Crippen MR) is 122 cm³/mol. The summed E-state index contributed by atoms with van der Waals surface area (Å²) < 4.78 is 17.2. The van der Waals surface area contributed by atoms with E-state index >= 15 is 0 Å². The minimum atomic E-state index is -0.832. The summed E-state index contributed by atoms with van der Waals surface area (Å²) in [5.74, 6) is -0.0900. The number of hydrogen-bond acceptors (Lipinski definition) is 6. The first kappa shape index (κ1) is 23.1. The summed E-state index contributed by atoms with van der Waals surface area (Å²) in [6.07, 6.45) is 0.669. The van der Waals surface area contributed by atoms with Gasteiger partial charge in [-0.15, -0.1) is 0 Å². The molecule has 8 nitrogen and oxygen atoms in total. The molecule has 1 N–H and O–H groups in total. The molecule has 0 unspecified atom stereocenters. The number of fused-ring (bicyclic) bond motifs is 1. The van der Waals surface area contributed by atoms with Gasteiger partial charge >= 0.3 is 5.97 Å². The summed E-state index contributed by atoms with van der Waals surface area (Å²) in [7, 11) is 1.48. The van der Waals surface area contributed by atoms with Gasteiger partial charge in [0.2, 0.25) is 5.91 Å². The Labute approximate surface area is 189 Å². The van der Waals surface area contributed by atoms with E-state index < -0.39 is 18.0 Å². The van der Waals surface area contributed by atoms with E-state index in [1.165, 1.54) is 17.9 Å². The monoisotopic (exact) mass is 458 g/mol. The van der Waals surface area contributed by atoms with Gasteiger partial charge in [0.1, 0.15) is 18.0 Å². The SMILES string of the molecule is CCOC(=O)[C@@H](C)Oc1cccc2c(=O)n(CC(=O)Nc3cc(Cl)ccc3OC)ccc12. The van der Waals surface area contributed by atoms with E-state index in [0.717, 1.165) is 0 Å². The van der Waals surface area contributed by atoms with Crippen molar-refractivity contribution in [2.45, 2.75) is 26.5 Å². The summed E-state index contributed by atoms with van der Waals surface area (Å²) in [6, 6.07) is 11.5. The fourth-order valence-corrected chi connectivity index (χ4v) is 3.31. The van der Waals surface area contributed by atoms with E-state index in [-0.39, 0.29) is 18.7 Å². The lowest BCUT2D eigenvalue weighted by molar-refractivity contribution is -0.150. The van der Waals surface area contributed by atoms with Gasteiger partial charge in [-0.25, -0.2) is 4.79 Å². The standard InChI is InChI=1S/C23H23ClN2O6/c1-4-31-23(29)14(2)32-19-7-5-6-17-16(19)10-11-26(22(17)28)13-21(27)25-18-12-15(24)8-9-20(18)30-3/h5-12,14H,4,13H2,1-3H3,(H,25,27)/t14-/m1/s1. The van der Waals surface area contributed by atoms with Crippen LogP contribution in [0.2, 0.25) is 5.02 Å². The van der Waals surface area contributed by atoms with Crippen molar-refractivity contribution < 1.29 is 23.8 Å². The first-order valence-corrected chi connectivity index (χ1v) is 10.3. The Morgan fingerprint density at radius 1 is 1.12 bits per heavy atom. The Hall–Kier alpha value is -3.52. The highest BCUT2D eigenvalue weighted by Crippen LogP contribution is 2.28. The van der Waals surface area contributed by atoms with Crippen molar-refractivity contribution in [1.29, 1.82) is 0 Å².